The number of methoxy groups -OCH3 is 2. The maximum Gasteiger partial charge on any atom is 0.209 e. The summed E-state index contributed by atoms with van der Waals surface area (Å²) in [6.45, 7) is 1.59. The second kappa shape index (κ2) is 7.84. The number of hydrogen-bond donors (Lipinski definition) is 1. The van der Waals surface area contributed by atoms with Gasteiger partial charge in [-0.3, -0.25) is 0 Å². The predicted molar refractivity (Wildman–Crippen MR) is 80.8 cm³/mol. The van der Waals surface area contributed by atoms with Crippen LogP contribution in [-0.2, 0) is 13.6 Å². The van der Waals surface area contributed by atoms with Gasteiger partial charge in [0.05, 0.1) is 14.2 Å². The lowest BCUT2D eigenvalue weighted by Crippen LogP contribution is -2.17. The molecule has 0 radical (unpaired) electrons. The van der Waals surface area contributed by atoms with Gasteiger partial charge in [0.1, 0.15) is 11.5 Å². The number of rotatable bonds is 8. The number of aryl methyl sites for hydroxylation is 1. The summed E-state index contributed by atoms with van der Waals surface area (Å²) >= 11 is 1.62. The van der Waals surface area contributed by atoms with E-state index in [9.17, 15) is 0 Å². The minimum Gasteiger partial charge on any atom is -0.497 e. The highest BCUT2D eigenvalue weighted by Gasteiger charge is 2.05. The SMILES string of the molecule is COc1ccc(CNCCSc2nnnn2C)c(OC)c1. The van der Waals surface area contributed by atoms with Gasteiger partial charge < -0.3 is 14.8 Å². The van der Waals surface area contributed by atoms with Crippen molar-refractivity contribution in [3.8, 4) is 11.5 Å². The Hall–Kier alpha value is -1.80. The van der Waals surface area contributed by atoms with Crippen LogP contribution < -0.4 is 14.8 Å². The van der Waals surface area contributed by atoms with Crippen LogP contribution in [0.25, 0.3) is 0 Å². The molecule has 0 aliphatic rings. The third-order valence-electron chi connectivity index (χ3n) is 2.90. The number of hydrogen-bond acceptors (Lipinski definition) is 7. The molecule has 2 rings (SSSR count). The van der Waals surface area contributed by atoms with Crippen molar-refractivity contribution >= 4 is 11.8 Å². The van der Waals surface area contributed by atoms with E-state index >= 15 is 0 Å². The molecule has 0 aliphatic heterocycles. The van der Waals surface area contributed by atoms with E-state index in [2.05, 4.69) is 20.8 Å². The molecule has 0 spiro atoms. The van der Waals surface area contributed by atoms with Gasteiger partial charge in [-0.25, -0.2) is 4.68 Å². The minimum absolute atomic E-state index is 0.741. The maximum atomic E-state index is 5.36. The molecule has 8 heteroatoms. The molecule has 114 valence electrons. The van der Waals surface area contributed by atoms with Crippen molar-refractivity contribution in [3.63, 3.8) is 0 Å². The van der Waals surface area contributed by atoms with E-state index in [1.54, 1.807) is 30.7 Å². The molecule has 2 aromatic rings. The normalized spacial score (nSPS) is 10.6. The van der Waals surface area contributed by atoms with Crippen LogP contribution >= 0.6 is 11.8 Å². The van der Waals surface area contributed by atoms with Crippen LogP contribution in [0.15, 0.2) is 23.4 Å². The fourth-order valence-corrected chi connectivity index (χ4v) is 2.53. The maximum absolute atomic E-state index is 5.36. The Balaban J connectivity index is 1.77. The standard InChI is InChI=1S/C13H19N5O2S/c1-18-13(15-16-17-18)21-7-6-14-9-10-4-5-11(19-2)8-12(10)20-3/h4-5,8,14H,6-7,9H2,1-3H3. The number of ether oxygens (including phenoxy) is 2. The lowest BCUT2D eigenvalue weighted by atomic mass is 10.2. The minimum atomic E-state index is 0.741. The van der Waals surface area contributed by atoms with Gasteiger partial charge in [-0.05, 0) is 16.5 Å². The summed E-state index contributed by atoms with van der Waals surface area (Å²) in [5.41, 5.74) is 1.10. The summed E-state index contributed by atoms with van der Waals surface area (Å²) in [4.78, 5) is 0. The van der Waals surface area contributed by atoms with Crippen LogP contribution in [0, 0.1) is 0 Å². The number of tetrazole rings is 1. The molecule has 0 aliphatic carbocycles. The topological polar surface area (TPSA) is 74.1 Å². The Bertz CT molecular complexity index is 575. The van der Waals surface area contributed by atoms with Crippen molar-refractivity contribution < 1.29 is 9.47 Å². The molecule has 0 unspecified atom stereocenters. The molecular weight excluding hydrogens is 290 g/mol. The molecule has 0 saturated heterocycles. The summed E-state index contributed by atoms with van der Waals surface area (Å²) in [5, 5.41) is 15.5. The van der Waals surface area contributed by atoms with Crippen LogP contribution in [0.1, 0.15) is 5.56 Å². The van der Waals surface area contributed by atoms with Crippen LogP contribution in [-0.4, -0.2) is 46.7 Å². The second-order valence-electron chi connectivity index (χ2n) is 4.29. The van der Waals surface area contributed by atoms with Crippen LogP contribution in [0.4, 0.5) is 0 Å². The Labute approximate surface area is 128 Å². The number of aromatic nitrogens is 4. The first kappa shape index (κ1) is 15.6. The van der Waals surface area contributed by atoms with Gasteiger partial charge in [-0.2, -0.15) is 0 Å². The Morgan fingerprint density at radius 1 is 1.29 bits per heavy atom. The van der Waals surface area contributed by atoms with Crippen LogP contribution in [0.3, 0.4) is 0 Å². The summed E-state index contributed by atoms with van der Waals surface area (Å²) in [5.74, 6) is 2.51. The van der Waals surface area contributed by atoms with Crippen molar-refractivity contribution in [3.05, 3.63) is 23.8 Å². The molecule has 1 N–H and O–H groups in total. The molecule has 0 bridgehead atoms. The summed E-state index contributed by atoms with van der Waals surface area (Å²) in [7, 11) is 5.14. The van der Waals surface area contributed by atoms with Gasteiger partial charge in [-0.15, -0.1) is 5.10 Å². The van der Waals surface area contributed by atoms with Crippen LogP contribution in [0.2, 0.25) is 0 Å². The highest BCUT2D eigenvalue weighted by Crippen LogP contribution is 2.24. The van der Waals surface area contributed by atoms with E-state index in [0.717, 1.165) is 41.1 Å². The quantitative estimate of drug-likeness (QED) is 0.578. The zero-order valence-electron chi connectivity index (χ0n) is 12.4. The first-order valence-electron chi connectivity index (χ1n) is 6.51. The van der Waals surface area contributed by atoms with Gasteiger partial charge in [0.15, 0.2) is 0 Å². The lowest BCUT2D eigenvalue weighted by molar-refractivity contribution is 0.390. The predicted octanol–water partition coefficient (Wildman–Crippen LogP) is 1.11. The fraction of sp³-hybridized carbons (Fsp3) is 0.462. The molecule has 0 saturated carbocycles. The molecule has 0 amide bonds. The summed E-state index contributed by atoms with van der Waals surface area (Å²) in [6, 6.07) is 5.82. The molecular formula is C13H19N5O2S. The van der Waals surface area contributed by atoms with E-state index < -0.39 is 0 Å². The first-order chi connectivity index (χ1) is 10.2. The van der Waals surface area contributed by atoms with Gasteiger partial charge in [0, 0.05) is 37.5 Å². The third kappa shape index (κ3) is 4.33. The second-order valence-corrected chi connectivity index (χ2v) is 5.35. The molecule has 7 nitrogen and oxygen atoms in total. The molecule has 1 aromatic heterocycles. The van der Waals surface area contributed by atoms with Gasteiger partial charge in [0.2, 0.25) is 5.16 Å². The monoisotopic (exact) mass is 309 g/mol. The van der Waals surface area contributed by atoms with E-state index in [4.69, 9.17) is 9.47 Å². The third-order valence-corrected chi connectivity index (χ3v) is 3.91. The smallest absolute Gasteiger partial charge is 0.209 e. The Kier molecular flexibility index (Phi) is 5.82. The van der Waals surface area contributed by atoms with Crippen LogP contribution in [0.5, 0.6) is 11.5 Å². The van der Waals surface area contributed by atoms with E-state index in [1.165, 1.54) is 0 Å². The van der Waals surface area contributed by atoms with Crippen molar-refractivity contribution in [2.45, 2.75) is 11.7 Å². The van der Waals surface area contributed by atoms with Gasteiger partial charge >= 0.3 is 0 Å². The Morgan fingerprint density at radius 3 is 2.81 bits per heavy atom. The molecule has 0 fully saturated rings. The van der Waals surface area contributed by atoms with Crippen molar-refractivity contribution in [2.24, 2.45) is 7.05 Å². The van der Waals surface area contributed by atoms with Crippen molar-refractivity contribution in [1.29, 1.82) is 0 Å². The first-order valence-corrected chi connectivity index (χ1v) is 7.50. The number of nitrogens with zero attached hydrogens (tertiary/aromatic N) is 4. The number of nitrogens with one attached hydrogen (secondary N) is 1. The Morgan fingerprint density at radius 2 is 2.14 bits per heavy atom. The highest BCUT2D eigenvalue weighted by atomic mass is 32.2. The summed E-state index contributed by atoms with van der Waals surface area (Å²) in [6.07, 6.45) is 0. The summed E-state index contributed by atoms with van der Waals surface area (Å²) < 4.78 is 12.2. The zero-order valence-corrected chi connectivity index (χ0v) is 13.2. The average Bonchev–Trinajstić information content (AvgIpc) is 2.92. The number of benzene rings is 1. The van der Waals surface area contributed by atoms with Crippen molar-refractivity contribution in [1.82, 2.24) is 25.5 Å². The van der Waals surface area contributed by atoms with Crippen molar-refractivity contribution in [2.75, 3.05) is 26.5 Å². The van der Waals surface area contributed by atoms with Gasteiger partial charge in [-0.1, -0.05) is 17.8 Å². The molecule has 21 heavy (non-hydrogen) atoms. The van der Waals surface area contributed by atoms with E-state index in [-0.39, 0.29) is 0 Å². The zero-order chi connectivity index (χ0) is 15.1. The largest absolute Gasteiger partial charge is 0.497 e. The molecule has 1 heterocycles. The fourth-order valence-electron chi connectivity index (χ4n) is 1.78. The molecule has 1 aromatic carbocycles. The molecule has 0 atom stereocenters. The van der Waals surface area contributed by atoms with E-state index in [0.29, 0.717) is 0 Å². The lowest BCUT2D eigenvalue weighted by Gasteiger charge is -2.11. The highest BCUT2D eigenvalue weighted by molar-refractivity contribution is 7.99. The average molecular weight is 309 g/mol. The number of thioether (sulfide) groups is 1. The van der Waals surface area contributed by atoms with E-state index in [1.807, 2.05) is 25.2 Å². The van der Waals surface area contributed by atoms with Gasteiger partial charge in [0.25, 0.3) is 0 Å².